The monoisotopic (exact) mass is 315 g/mol. The Kier molecular flexibility index (Phi) is 4.22. The summed E-state index contributed by atoms with van der Waals surface area (Å²) in [5.41, 5.74) is 7.02. The summed E-state index contributed by atoms with van der Waals surface area (Å²) in [7, 11) is -3.78. The van der Waals surface area contributed by atoms with Gasteiger partial charge in [-0.15, -0.1) is 0 Å². The van der Waals surface area contributed by atoms with Crippen LogP contribution in [0.2, 0.25) is 0 Å². The van der Waals surface area contributed by atoms with E-state index < -0.39 is 10.0 Å². The molecule has 112 valence electrons. The Morgan fingerprint density at radius 3 is 2.65 bits per heavy atom. The second-order valence-corrected chi connectivity index (χ2v) is 8.91. The third-order valence-electron chi connectivity index (χ3n) is 3.53. The lowest BCUT2D eigenvalue weighted by Gasteiger charge is -2.26. The van der Waals surface area contributed by atoms with Crippen molar-refractivity contribution in [3.63, 3.8) is 0 Å². The fourth-order valence-electron chi connectivity index (χ4n) is 2.32. The highest BCUT2D eigenvalue weighted by molar-refractivity contribution is 8.00. The zero-order chi connectivity index (χ0) is 15.0. The minimum absolute atomic E-state index is 0.00570. The molecule has 0 saturated carbocycles. The summed E-state index contributed by atoms with van der Waals surface area (Å²) in [5.74, 6) is 0.992. The van der Waals surface area contributed by atoms with Crippen LogP contribution >= 0.6 is 11.8 Å². The van der Waals surface area contributed by atoms with Crippen LogP contribution < -0.4 is 15.8 Å². The van der Waals surface area contributed by atoms with E-state index in [1.54, 1.807) is 6.07 Å². The van der Waals surface area contributed by atoms with Crippen molar-refractivity contribution in [1.82, 2.24) is 0 Å². The van der Waals surface area contributed by atoms with Crippen molar-refractivity contribution >= 4 is 33.2 Å². The average molecular weight is 315 g/mol. The maximum absolute atomic E-state index is 11.5. The molecule has 0 spiro atoms. The van der Waals surface area contributed by atoms with E-state index in [2.05, 4.69) is 18.7 Å². The second-order valence-electron chi connectivity index (χ2n) is 5.58. The van der Waals surface area contributed by atoms with Crippen molar-refractivity contribution < 1.29 is 8.42 Å². The molecule has 2 rings (SSSR count). The van der Waals surface area contributed by atoms with E-state index in [0.717, 1.165) is 31.0 Å². The standard InChI is InChI=1S/C13H21N3O2S2/c1-13(2)6-7-16(8-9-19-13)10-4-3-5-11(12(10)14)20(15,17)18/h3-5H,6-9,14H2,1-2H3,(H2,15,17,18). The van der Waals surface area contributed by atoms with Gasteiger partial charge in [-0.1, -0.05) is 19.9 Å². The van der Waals surface area contributed by atoms with Crippen LogP contribution in [0.4, 0.5) is 11.4 Å². The molecule has 0 atom stereocenters. The smallest absolute Gasteiger partial charge is 0.240 e. The first-order valence-corrected chi connectivity index (χ1v) is 9.04. The summed E-state index contributed by atoms with van der Waals surface area (Å²) < 4.78 is 23.3. The first-order valence-electron chi connectivity index (χ1n) is 6.51. The second kappa shape index (κ2) is 5.46. The number of anilines is 2. The quantitative estimate of drug-likeness (QED) is 0.810. The van der Waals surface area contributed by atoms with Gasteiger partial charge in [0.2, 0.25) is 10.0 Å². The SMILES string of the molecule is CC1(C)CCN(c2cccc(S(N)(=O)=O)c2N)CCS1. The van der Waals surface area contributed by atoms with Crippen LogP contribution in [0.3, 0.4) is 0 Å². The lowest BCUT2D eigenvalue weighted by molar-refractivity contribution is 0.598. The van der Waals surface area contributed by atoms with Crippen LogP contribution in [0, 0.1) is 0 Å². The molecule has 0 bridgehead atoms. The Morgan fingerprint density at radius 1 is 1.30 bits per heavy atom. The summed E-state index contributed by atoms with van der Waals surface area (Å²) in [6.07, 6.45) is 1.02. The average Bonchev–Trinajstić information content (AvgIpc) is 2.49. The summed E-state index contributed by atoms with van der Waals surface area (Å²) in [4.78, 5) is 2.15. The number of nitrogen functional groups attached to an aromatic ring is 1. The van der Waals surface area contributed by atoms with E-state index >= 15 is 0 Å². The van der Waals surface area contributed by atoms with Crippen LogP contribution in [0.15, 0.2) is 23.1 Å². The molecular formula is C13H21N3O2S2. The number of para-hydroxylation sites is 1. The molecule has 7 heteroatoms. The zero-order valence-corrected chi connectivity index (χ0v) is 13.4. The molecule has 0 radical (unpaired) electrons. The summed E-state index contributed by atoms with van der Waals surface area (Å²) >= 11 is 1.93. The lowest BCUT2D eigenvalue weighted by Crippen LogP contribution is -2.28. The highest BCUT2D eigenvalue weighted by Crippen LogP contribution is 2.35. The topological polar surface area (TPSA) is 89.4 Å². The van der Waals surface area contributed by atoms with Crippen molar-refractivity contribution in [1.29, 1.82) is 0 Å². The van der Waals surface area contributed by atoms with E-state index in [9.17, 15) is 8.42 Å². The molecule has 1 aromatic carbocycles. The molecule has 1 fully saturated rings. The molecule has 20 heavy (non-hydrogen) atoms. The van der Waals surface area contributed by atoms with Gasteiger partial charge in [-0.2, -0.15) is 11.8 Å². The zero-order valence-electron chi connectivity index (χ0n) is 11.8. The summed E-state index contributed by atoms with van der Waals surface area (Å²) in [6.45, 7) is 6.17. The minimum atomic E-state index is -3.78. The molecule has 1 saturated heterocycles. The maximum atomic E-state index is 11.5. The van der Waals surface area contributed by atoms with Crippen molar-refractivity contribution in [2.24, 2.45) is 5.14 Å². The van der Waals surface area contributed by atoms with Crippen LogP contribution in [0.5, 0.6) is 0 Å². The molecule has 1 aliphatic heterocycles. The third kappa shape index (κ3) is 3.39. The highest BCUT2D eigenvalue weighted by Gasteiger charge is 2.25. The number of hydrogen-bond acceptors (Lipinski definition) is 5. The third-order valence-corrected chi connectivity index (χ3v) is 5.87. The Bertz CT molecular complexity index is 600. The number of sulfonamides is 1. The van der Waals surface area contributed by atoms with E-state index in [-0.39, 0.29) is 15.3 Å². The molecule has 1 aromatic rings. The fraction of sp³-hybridized carbons (Fsp3) is 0.538. The normalized spacial score (nSPS) is 19.6. The van der Waals surface area contributed by atoms with E-state index in [0.29, 0.717) is 0 Å². The number of benzene rings is 1. The lowest BCUT2D eigenvalue weighted by atomic mass is 10.1. The van der Waals surface area contributed by atoms with Gasteiger partial charge in [0.25, 0.3) is 0 Å². The molecule has 0 aromatic heterocycles. The fourth-order valence-corrected chi connectivity index (χ4v) is 4.10. The molecule has 1 heterocycles. The predicted octanol–water partition coefficient (Wildman–Crippen LogP) is 1.64. The van der Waals surface area contributed by atoms with Crippen LogP contribution in [0.1, 0.15) is 20.3 Å². The van der Waals surface area contributed by atoms with Crippen molar-refractivity contribution in [3.05, 3.63) is 18.2 Å². The highest BCUT2D eigenvalue weighted by atomic mass is 32.2. The first kappa shape index (κ1) is 15.5. The van der Waals surface area contributed by atoms with Gasteiger partial charge in [-0.3, -0.25) is 0 Å². The Hall–Kier alpha value is -0.920. The van der Waals surface area contributed by atoms with E-state index in [1.807, 2.05) is 17.8 Å². The number of primary sulfonamides is 1. The van der Waals surface area contributed by atoms with Crippen LogP contribution in [-0.2, 0) is 10.0 Å². The molecule has 0 amide bonds. The Labute approximate surface area is 124 Å². The van der Waals surface area contributed by atoms with E-state index in [4.69, 9.17) is 10.9 Å². The molecule has 1 aliphatic rings. The molecule has 0 unspecified atom stereocenters. The van der Waals surface area contributed by atoms with Crippen molar-refractivity contribution in [3.8, 4) is 0 Å². The summed E-state index contributed by atoms with van der Waals surface area (Å²) in [6, 6.07) is 4.99. The largest absolute Gasteiger partial charge is 0.396 e. The number of hydrogen-bond donors (Lipinski definition) is 2. The van der Waals surface area contributed by atoms with Gasteiger partial charge >= 0.3 is 0 Å². The molecule has 5 nitrogen and oxygen atoms in total. The van der Waals surface area contributed by atoms with Gasteiger partial charge in [0.15, 0.2) is 0 Å². The van der Waals surface area contributed by atoms with Crippen molar-refractivity contribution in [2.75, 3.05) is 29.5 Å². The van der Waals surface area contributed by atoms with Gasteiger partial charge in [0.1, 0.15) is 4.90 Å². The summed E-state index contributed by atoms with van der Waals surface area (Å²) in [5, 5.41) is 5.20. The van der Waals surface area contributed by atoms with Crippen LogP contribution in [0.25, 0.3) is 0 Å². The van der Waals surface area contributed by atoms with Gasteiger partial charge in [0.05, 0.1) is 11.4 Å². The molecule has 0 aliphatic carbocycles. The Morgan fingerprint density at radius 2 is 2.00 bits per heavy atom. The van der Waals surface area contributed by atoms with Gasteiger partial charge in [-0.25, -0.2) is 13.6 Å². The minimum Gasteiger partial charge on any atom is -0.396 e. The van der Waals surface area contributed by atoms with Crippen LogP contribution in [-0.4, -0.2) is 32.0 Å². The maximum Gasteiger partial charge on any atom is 0.240 e. The van der Waals surface area contributed by atoms with Gasteiger partial charge < -0.3 is 10.6 Å². The molecule has 4 N–H and O–H groups in total. The van der Waals surface area contributed by atoms with Gasteiger partial charge in [0, 0.05) is 23.6 Å². The number of nitrogens with two attached hydrogens (primary N) is 2. The number of nitrogens with zero attached hydrogens (tertiary/aromatic N) is 1. The van der Waals surface area contributed by atoms with Gasteiger partial charge in [-0.05, 0) is 18.6 Å². The first-order chi connectivity index (χ1) is 9.21. The van der Waals surface area contributed by atoms with E-state index in [1.165, 1.54) is 6.07 Å². The molecular weight excluding hydrogens is 294 g/mol. The number of rotatable bonds is 2. The number of thioether (sulfide) groups is 1. The predicted molar refractivity (Wildman–Crippen MR) is 85.6 cm³/mol. The van der Waals surface area contributed by atoms with Crippen molar-refractivity contribution in [2.45, 2.75) is 29.9 Å². The Balaban J connectivity index is 2.34.